The number of oxazole rings is 1. The predicted octanol–water partition coefficient (Wildman–Crippen LogP) is 3.53. The topological polar surface area (TPSA) is 43.1 Å². The zero-order valence-corrected chi connectivity index (χ0v) is 10.0. The van der Waals surface area contributed by atoms with Gasteiger partial charge in [0.2, 0.25) is 0 Å². The van der Waals surface area contributed by atoms with Gasteiger partial charge in [-0.15, -0.1) is 0 Å². The lowest BCUT2D eigenvalue weighted by atomic mass is 10.2. The van der Waals surface area contributed by atoms with Gasteiger partial charge in [-0.25, -0.2) is 4.98 Å². The number of halogens is 1. The van der Waals surface area contributed by atoms with Gasteiger partial charge in [0.1, 0.15) is 11.8 Å². The fourth-order valence-corrected chi connectivity index (χ4v) is 1.89. The van der Waals surface area contributed by atoms with Crippen molar-refractivity contribution in [2.45, 2.75) is 19.8 Å². The third-order valence-corrected chi connectivity index (χ3v) is 2.70. The van der Waals surface area contributed by atoms with E-state index >= 15 is 0 Å². The van der Waals surface area contributed by atoms with Gasteiger partial charge in [-0.1, -0.05) is 13.8 Å². The number of hydrogen-bond donors (Lipinski definition) is 0. The third kappa shape index (κ3) is 1.81. The number of nitrogens with zero attached hydrogens (tertiary/aromatic N) is 1. The fraction of sp³-hybridized carbons (Fsp3) is 0.273. The van der Waals surface area contributed by atoms with Crippen molar-refractivity contribution in [3.8, 4) is 0 Å². The van der Waals surface area contributed by atoms with Gasteiger partial charge in [0.05, 0.1) is 4.47 Å². The monoisotopic (exact) mass is 267 g/mol. The highest BCUT2D eigenvalue weighted by molar-refractivity contribution is 9.10. The Morgan fingerprint density at radius 2 is 2.20 bits per heavy atom. The number of aldehydes is 1. The Kier molecular flexibility index (Phi) is 2.61. The molecule has 0 bridgehead atoms. The summed E-state index contributed by atoms with van der Waals surface area (Å²) < 4.78 is 6.35. The van der Waals surface area contributed by atoms with Crippen molar-refractivity contribution < 1.29 is 9.21 Å². The number of rotatable bonds is 2. The maximum absolute atomic E-state index is 10.7. The van der Waals surface area contributed by atoms with E-state index in [1.807, 2.05) is 13.8 Å². The van der Waals surface area contributed by atoms with Crippen LogP contribution in [-0.2, 0) is 0 Å². The lowest BCUT2D eigenvalue weighted by Gasteiger charge is -1.94. The number of carbonyl (C=O) groups excluding carboxylic acids is 1. The van der Waals surface area contributed by atoms with Crippen molar-refractivity contribution in [2.24, 2.45) is 0 Å². The number of fused-ring (bicyclic) bond motifs is 1. The van der Waals surface area contributed by atoms with Crippen molar-refractivity contribution in [2.75, 3.05) is 0 Å². The van der Waals surface area contributed by atoms with Crippen LogP contribution in [0.5, 0.6) is 0 Å². The highest BCUT2D eigenvalue weighted by Gasteiger charge is 2.12. The first-order valence-corrected chi connectivity index (χ1v) is 5.46. The second kappa shape index (κ2) is 3.77. The summed E-state index contributed by atoms with van der Waals surface area (Å²) in [5, 5.41) is 0. The van der Waals surface area contributed by atoms with Crippen molar-refractivity contribution in [3.05, 3.63) is 28.1 Å². The smallest absolute Gasteiger partial charge is 0.198 e. The average molecular weight is 268 g/mol. The maximum Gasteiger partial charge on any atom is 0.198 e. The quantitative estimate of drug-likeness (QED) is 0.782. The van der Waals surface area contributed by atoms with Crippen LogP contribution in [-0.4, -0.2) is 11.3 Å². The summed E-state index contributed by atoms with van der Waals surface area (Å²) in [6.45, 7) is 4.03. The van der Waals surface area contributed by atoms with Crippen molar-refractivity contribution >= 4 is 33.3 Å². The molecule has 0 atom stereocenters. The van der Waals surface area contributed by atoms with E-state index in [9.17, 15) is 4.79 Å². The Morgan fingerprint density at radius 3 is 2.80 bits per heavy atom. The summed E-state index contributed by atoms with van der Waals surface area (Å²) in [6.07, 6.45) is 0.800. The Labute approximate surface area is 95.6 Å². The molecule has 0 aliphatic carbocycles. The molecule has 1 aromatic carbocycles. The zero-order chi connectivity index (χ0) is 11.0. The summed E-state index contributed by atoms with van der Waals surface area (Å²) in [6, 6.07) is 3.45. The van der Waals surface area contributed by atoms with Crippen LogP contribution in [0.3, 0.4) is 0 Å². The molecule has 0 saturated heterocycles. The minimum Gasteiger partial charge on any atom is -0.439 e. The second-order valence-electron chi connectivity index (χ2n) is 3.68. The Morgan fingerprint density at radius 1 is 1.47 bits per heavy atom. The lowest BCUT2D eigenvalue weighted by molar-refractivity contribution is 0.112. The number of benzene rings is 1. The molecule has 0 fully saturated rings. The van der Waals surface area contributed by atoms with Gasteiger partial charge < -0.3 is 4.42 Å². The summed E-state index contributed by atoms with van der Waals surface area (Å²) in [5.41, 5.74) is 2.01. The van der Waals surface area contributed by atoms with Crippen LogP contribution in [0.4, 0.5) is 0 Å². The first-order valence-electron chi connectivity index (χ1n) is 4.67. The highest BCUT2D eigenvalue weighted by atomic mass is 79.9. The third-order valence-electron chi connectivity index (χ3n) is 2.11. The summed E-state index contributed by atoms with van der Waals surface area (Å²) in [7, 11) is 0. The number of aromatic nitrogens is 1. The van der Waals surface area contributed by atoms with Crippen molar-refractivity contribution in [1.29, 1.82) is 0 Å². The van der Waals surface area contributed by atoms with Crippen LogP contribution in [0, 0.1) is 0 Å². The molecule has 3 nitrogen and oxygen atoms in total. The van der Waals surface area contributed by atoms with Crippen LogP contribution >= 0.6 is 15.9 Å². The van der Waals surface area contributed by atoms with Gasteiger partial charge >= 0.3 is 0 Å². The van der Waals surface area contributed by atoms with Gasteiger partial charge in [0.25, 0.3) is 0 Å². The van der Waals surface area contributed by atoms with Gasteiger partial charge in [-0.2, -0.15) is 0 Å². The molecular formula is C11H10BrNO2. The minimum atomic E-state index is 0.240. The van der Waals surface area contributed by atoms with Crippen molar-refractivity contribution in [3.63, 3.8) is 0 Å². The first-order chi connectivity index (χ1) is 7.11. The molecule has 2 aromatic rings. The summed E-state index contributed by atoms with van der Waals surface area (Å²) in [4.78, 5) is 15.0. The first kappa shape index (κ1) is 10.4. The van der Waals surface area contributed by atoms with E-state index in [4.69, 9.17) is 4.42 Å². The van der Waals surface area contributed by atoms with E-state index < -0.39 is 0 Å². The predicted molar refractivity (Wildman–Crippen MR) is 61.2 cm³/mol. The van der Waals surface area contributed by atoms with Crippen LogP contribution in [0.15, 0.2) is 21.0 Å². The Hall–Kier alpha value is -1.16. The van der Waals surface area contributed by atoms with E-state index in [1.165, 1.54) is 0 Å². The fourth-order valence-electron chi connectivity index (χ4n) is 1.34. The largest absolute Gasteiger partial charge is 0.439 e. The molecule has 1 heterocycles. The molecular weight excluding hydrogens is 258 g/mol. The molecule has 1 aromatic heterocycles. The molecule has 0 amide bonds. The number of carbonyl (C=O) groups is 1. The minimum absolute atomic E-state index is 0.240. The molecule has 78 valence electrons. The summed E-state index contributed by atoms with van der Waals surface area (Å²) in [5.74, 6) is 0.928. The van der Waals surface area contributed by atoms with Gasteiger partial charge in [-0.05, 0) is 28.1 Å². The SMILES string of the molecule is CC(C)c1nc2cc(C=O)cc(Br)c2o1. The standard InChI is InChI=1S/C11H10BrNO2/c1-6(2)11-13-9-4-7(5-14)3-8(12)10(9)15-11/h3-6H,1-2H3. The Bertz CT molecular complexity index is 517. The molecule has 0 aliphatic heterocycles. The van der Waals surface area contributed by atoms with Gasteiger partial charge in [0.15, 0.2) is 11.5 Å². The van der Waals surface area contributed by atoms with E-state index in [0.29, 0.717) is 17.0 Å². The van der Waals surface area contributed by atoms with Gasteiger partial charge in [-0.3, -0.25) is 4.79 Å². The van der Waals surface area contributed by atoms with Crippen LogP contribution < -0.4 is 0 Å². The van der Waals surface area contributed by atoms with E-state index in [-0.39, 0.29) is 5.92 Å². The zero-order valence-electron chi connectivity index (χ0n) is 8.45. The van der Waals surface area contributed by atoms with E-state index in [0.717, 1.165) is 16.3 Å². The molecule has 15 heavy (non-hydrogen) atoms. The summed E-state index contributed by atoms with van der Waals surface area (Å²) >= 11 is 3.36. The second-order valence-corrected chi connectivity index (χ2v) is 4.53. The maximum atomic E-state index is 10.7. The molecule has 4 heteroatoms. The molecule has 2 rings (SSSR count). The molecule has 0 radical (unpaired) electrons. The van der Waals surface area contributed by atoms with Crippen LogP contribution in [0.25, 0.3) is 11.1 Å². The molecule has 0 spiro atoms. The van der Waals surface area contributed by atoms with Crippen LogP contribution in [0.1, 0.15) is 36.0 Å². The molecule has 0 unspecified atom stereocenters. The van der Waals surface area contributed by atoms with E-state index in [2.05, 4.69) is 20.9 Å². The lowest BCUT2D eigenvalue weighted by Crippen LogP contribution is -1.85. The number of hydrogen-bond acceptors (Lipinski definition) is 3. The van der Waals surface area contributed by atoms with Gasteiger partial charge in [0, 0.05) is 11.5 Å². The molecule has 0 saturated carbocycles. The normalized spacial score (nSPS) is 11.2. The highest BCUT2D eigenvalue weighted by Crippen LogP contribution is 2.28. The van der Waals surface area contributed by atoms with Crippen LogP contribution in [0.2, 0.25) is 0 Å². The van der Waals surface area contributed by atoms with E-state index in [1.54, 1.807) is 12.1 Å². The molecule has 0 aliphatic rings. The Balaban J connectivity index is 2.69. The molecule has 0 N–H and O–H groups in total. The average Bonchev–Trinajstić information content (AvgIpc) is 2.61. The van der Waals surface area contributed by atoms with Crippen molar-refractivity contribution in [1.82, 2.24) is 4.98 Å².